The Hall–Kier alpha value is -1.30. The van der Waals surface area contributed by atoms with Gasteiger partial charge in [-0.25, -0.2) is 9.18 Å². The van der Waals surface area contributed by atoms with Crippen LogP contribution in [-0.2, 0) is 4.74 Å². The van der Waals surface area contributed by atoms with E-state index < -0.39 is 18.0 Å². The summed E-state index contributed by atoms with van der Waals surface area (Å²) in [6.07, 6.45) is -0.307. The molecule has 0 fully saturated rings. The number of carbonyl (C=O) groups is 1. The third-order valence-electron chi connectivity index (χ3n) is 2.80. The number of benzene rings is 1. The molecule has 0 aliphatic rings. The van der Waals surface area contributed by atoms with Crippen LogP contribution in [0.2, 0.25) is 0 Å². The van der Waals surface area contributed by atoms with Gasteiger partial charge in [0, 0.05) is 10.0 Å². The second-order valence-electron chi connectivity index (χ2n) is 6.92. The number of alkyl carbamates (subject to hydrolysis) is 1. The number of carbonyl (C=O) groups excluding carboxylic acids is 1. The Bertz CT molecular complexity index is 529. The van der Waals surface area contributed by atoms with Crippen LogP contribution in [0.4, 0.5) is 9.18 Å². The number of nitrogens with one attached hydrogen (secondary N) is 1. The summed E-state index contributed by atoms with van der Waals surface area (Å²) in [5.74, 6) is 0.00408. The van der Waals surface area contributed by atoms with Crippen molar-refractivity contribution in [1.29, 1.82) is 0 Å². The van der Waals surface area contributed by atoms with E-state index in [1.165, 1.54) is 6.07 Å². The van der Waals surface area contributed by atoms with E-state index in [9.17, 15) is 9.18 Å². The molecule has 1 atom stereocenters. The molecule has 1 N–H and O–H groups in total. The zero-order valence-corrected chi connectivity index (χ0v) is 15.9. The summed E-state index contributed by atoms with van der Waals surface area (Å²) in [7, 11) is 0. The maximum absolute atomic E-state index is 13.8. The number of ether oxygens (including phenoxy) is 2. The van der Waals surface area contributed by atoms with E-state index in [0.29, 0.717) is 16.8 Å². The van der Waals surface area contributed by atoms with E-state index in [-0.39, 0.29) is 17.9 Å². The van der Waals surface area contributed by atoms with Gasteiger partial charge in [-0.3, -0.25) is 0 Å². The van der Waals surface area contributed by atoms with Gasteiger partial charge in [0.05, 0.1) is 0 Å². The average molecular weight is 390 g/mol. The van der Waals surface area contributed by atoms with Gasteiger partial charge < -0.3 is 14.8 Å². The zero-order valence-electron chi connectivity index (χ0n) is 14.3. The number of halogens is 2. The van der Waals surface area contributed by atoms with Gasteiger partial charge in [0.2, 0.25) is 0 Å². The normalized spacial score (nSPS) is 12.9. The number of rotatable bonds is 6. The van der Waals surface area contributed by atoms with E-state index >= 15 is 0 Å². The van der Waals surface area contributed by atoms with E-state index in [4.69, 9.17) is 9.47 Å². The summed E-state index contributed by atoms with van der Waals surface area (Å²) in [6.45, 7) is 9.78. The Morgan fingerprint density at radius 1 is 1.35 bits per heavy atom. The van der Waals surface area contributed by atoms with E-state index in [2.05, 4.69) is 21.2 Å². The van der Waals surface area contributed by atoms with Gasteiger partial charge in [0.15, 0.2) is 11.6 Å². The fourth-order valence-electron chi connectivity index (χ4n) is 1.94. The van der Waals surface area contributed by atoms with Crippen LogP contribution < -0.4 is 10.1 Å². The average Bonchev–Trinajstić information content (AvgIpc) is 2.34. The van der Waals surface area contributed by atoms with Crippen molar-refractivity contribution >= 4 is 22.0 Å². The standard InChI is InChI=1S/C17H25BrFNO3/c1-11(2)8-13(23-16(21)20-17(3,4)5)10-22-15-7-6-12(18)9-14(15)19/h6-7,9,11,13H,8,10H2,1-5H3,(H,20,21)/t13-/m0/s1. The van der Waals surface area contributed by atoms with Gasteiger partial charge in [-0.15, -0.1) is 0 Å². The first-order valence-corrected chi connectivity index (χ1v) is 8.43. The molecular weight excluding hydrogens is 365 g/mol. The molecule has 0 aliphatic heterocycles. The first kappa shape index (κ1) is 19.7. The summed E-state index contributed by atoms with van der Waals surface area (Å²) >= 11 is 3.20. The molecule has 1 rings (SSSR count). The lowest BCUT2D eigenvalue weighted by Crippen LogP contribution is -2.43. The topological polar surface area (TPSA) is 47.6 Å². The highest BCUT2D eigenvalue weighted by molar-refractivity contribution is 9.10. The Morgan fingerprint density at radius 2 is 2.00 bits per heavy atom. The van der Waals surface area contributed by atoms with Gasteiger partial charge in [-0.1, -0.05) is 29.8 Å². The zero-order chi connectivity index (χ0) is 17.6. The van der Waals surface area contributed by atoms with Crippen LogP contribution in [0.5, 0.6) is 5.75 Å². The van der Waals surface area contributed by atoms with Crippen LogP contribution in [-0.4, -0.2) is 24.3 Å². The fourth-order valence-corrected chi connectivity index (χ4v) is 2.27. The largest absolute Gasteiger partial charge is 0.487 e. The van der Waals surface area contributed by atoms with Gasteiger partial charge in [-0.05, 0) is 51.3 Å². The highest BCUT2D eigenvalue weighted by Crippen LogP contribution is 2.22. The summed E-state index contributed by atoms with van der Waals surface area (Å²) < 4.78 is 25.3. The molecule has 0 aromatic heterocycles. The molecule has 0 bridgehead atoms. The first-order valence-electron chi connectivity index (χ1n) is 7.63. The minimum atomic E-state index is -0.497. The van der Waals surface area contributed by atoms with Crippen molar-refractivity contribution in [2.24, 2.45) is 5.92 Å². The lowest BCUT2D eigenvalue weighted by molar-refractivity contribution is 0.0483. The Morgan fingerprint density at radius 3 is 2.52 bits per heavy atom. The van der Waals surface area contributed by atoms with Gasteiger partial charge in [0.25, 0.3) is 0 Å². The second kappa shape index (κ2) is 8.52. The van der Waals surface area contributed by atoms with Crippen LogP contribution in [0.3, 0.4) is 0 Å². The number of hydrogen-bond donors (Lipinski definition) is 1. The summed E-state index contributed by atoms with van der Waals surface area (Å²) in [5.41, 5.74) is -0.377. The van der Waals surface area contributed by atoms with Crippen LogP contribution in [0.25, 0.3) is 0 Å². The lowest BCUT2D eigenvalue weighted by Gasteiger charge is -2.24. The van der Waals surface area contributed by atoms with Gasteiger partial charge in [-0.2, -0.15) is 0 Å². The minimum absolute atomic E-state index is 0.105. The van der Waals surface area contributed by atoms with Crippen LogP contribution in [0, 0.1) is 11.7 Å². The van der Waals surface area contributed by atoms with Crippen molar-refractivity contribution in [2.45, 2.75) is 52.7 Å². The van der Waals surface area contributed by atoms with Crippen molar-refractivity contribution in [3.8, 4) is 5.75 Å². The van der Waals surface area contributed by atoms with Crippen LogP contribution in [0.1, 0.15) is 41.0 Å². The molecule has 0 heterocycles. The monoisotopic (exact) mass is 389 g/mol. The highest BCUT2D eigenvalue weighted by Gasteiger charge is 2.21. The molecule has 6 heteroatoms. The SMILES string of the molecule is CC(C)C[C@@H](COc1ccc(Br)cc1F)OC(=O)NC(C)(C)C. The van der Waals surface area contributed by atoms with Gasteiger partial charge in [0.1, 0.15) is 12.7 Å². The molecule has 1 aromatic carbocycles. The summed E-state index contributed by atoms with van der Waals surface area (Å²) in [4.78, 5) is 11.9. The molecular formula is C17H25BrFNO3. The Kier molecular flexibility index (Phi) is 7.32. The third-order valence-corrected chi connectivity index (χ3v) is 3.30. The predicted molar refractivity (Wildman–Crippen MR) is 92.2 cm³/mol. The van der Waals surface area contributed by atoms with Crippen molar-refractivity contribution in [3.63, 3.8) is 0 Å². The smallest absolute Gasteiger partial charge is 0.407 e. The van der Waals surface area contributed by atoms with Crippen molar-refractivity contribution in [1.82, 2.24) is 5.32 Å². The molecule has 1 aromatic rings. The summed E-state index contributed by atoms with van der Waals surface area (Å²) in [5, 5.41) is 2.74. The number of hydrogen-bond acceptors (Lipinski definition) is 3. The van der Waals surface area contributed by atoms with Gasteiger partial charge >= 0.3 is 6.09 Å². The fraction of sp³-hybridized carbons (Fsp3) is 0.588. The molecule has 0 saturated heterocycles. The highest BCUT2D eigenvalue weighted by atomic mass is 79.9. The van der Waals surface area contributed by atoms with E-state index in [1.54, 1.807) is 12.1 Å². The van der Waals surface area contributed by atoms with Crippen molar-refractivity contribution in [3.05, 3.63) is 28.5 Å². The Balaban J connectivity index is 2.65. The van der Waals surface area contributed by atoms with Crippen LogP contribution >= 0.6 is 15.9 Å². The molecule has 23 heavy (non-hydrogen) atoms. The molecule has 1 amide bonds. The van der Waals surface area contributed by atoms with Crippen molar-refractivity contribution < 1.29 is 18.7 Å². The third kappa shape index (κ3) is 8.21. The molecule has 0 unspecified atom stereocenters. The quantitative estimate of drug-likeness (QED) is 0.751. The number of amides is 1. The molecule has 130 valence electrons. The van der Waals surface area contributed by atoms with E-state index in [1.807, 2.05) is 34.6 Å². The predicted octanol–water partition coefficient (Wildman–Crippen LogP) is 4.91. The maximum atomic E-state index is 13.8. The minimum Gasteiger partial charge on any atom is -0.487 e. The summed E-state index contributed by atoms with van der Waals surface area (Å²) in [6, 6.07) is 4.57. The maximum Gasteiger partial charge on any atom is 0.407 e. The van der Waals surface area contributed by atoms with Crippen LogP contribution in [0.15, 0.2) is 22.7 Å². The van der Waals surface area contributed by atoms with Crippen molar-refractivity contribution in [2.75, 3.05) is 6.61 Å². The van der Waals surface area contributed by atoms with E-state index in [0.717, 1.165) is 0 Å². The first-order chi connectivity index (χ1) is 10.6. The molecule has 0 radical (unpaired) electrons. The molecule has 0 aliphatic carbocycles. The second-order valence-corrected chi connectivity index (χ2v) is 7.83. The molecule has 0 saturated carbocycles. The lowest BCUT2D eigenvalue weighted by atomic mass is 10.1. The Labute approximate surface area is 145 Å². The molecule has 4 nitrogen and oxygen atoms in total. The molecule has 0 spiro atoms.